The van der Waals surface area contributed by atoms with Gasteiger partial charge in [0.05, 0.1) is 13.2 Å². The van der Waals surface area contributed by atoms with Crippen molar-refractivity contribution in [1.82, 2.24) is 4.98 Å². The van der Waals surface area contributed by atoms with E-state index in [9.17, 15) is 0 Å². The first kappa shape index (κ1) is 10.2. The quantitative estimate of drug-likeness (QED) is 0.766. The second-order valence-corrected chi connectivity index (χ2v) is 3.63. The Bertz CT molecular complexity index is 312. The van der Waals surface area contributed by atoms with Gasteiger partial charge in [0.15, 0.2) is 5.75 Å². The lowest BCUT2D eigenvalue weighted by atomic mass is 10.4. The number of aliphatic hydroxyl groups is 1. The zero-order valence-corrected chi connectivity index (χ0v) is 8.56. The van der Waals surface area contributed by atoms with Crippen molar-refractivity contribution in [1.29, 1.82) is 0 Å². The van der Waals surface area contributed by atoms with E-state index in [-0.39, 0.29) is 13.2 Å². The number of aromatic nitrogens is 1. The highest BCUT2D eigenvalue weighted by molar-refractivity contribution is 5.32. The summed E-state index contributed by atoms with van der Waals surface area (Å²) in [5.74, 6) is 1.82. The number of pyridine rings is 1. The van der Waals surface area contributed by atoms with Crippen molar-refractivity contribution in [2.75, 3.05) is 19.8 Å². The van der Waals surface area contributed by atoms with Gasteiger partial charge in [0, 0.05) is 6.20 Å². The Labute approximate surface area is 88.9 Å². The topological polar surface area (TPSA) is 51.6 Å². The van der Waals surface area contributed by atoms with Crippen LogP contribution in [-0.2, 0) is 0 Å². The molecule has 0 amide bonds. The van der Waals surface area contributed by atoms with E-state index in [4.69, 9.17) is 14.6 Å². The molecule has 1 aromatic rings. The van der Waals surface area contributed by atoms with Gasteiger partial charge in [0.1, 0.15) is 6.61 Å². The van der Waals surface area contributed by atoms with Crippen LogP contribution in [0, 0.1) is 5.92 Å². The van der Waals surface area contributed by atoms with Crippen LogP contribution < -0.4 is 9.47 Å². The highest BCUT2D eigenvalue weighted by atomic mass is 16.5. The number of hydrogen-bond donors (Lipinski definition) is 1. The Morgan fingerprint density at radius 1 is 1.40 bits per heavy atom. The van der Waals surface area contributed by atoms with Crippen molar-refractivity contribution in [2.24, 2.45) is 5.92 Å². The van der Waals surface area contributed by atoms with Gasteiger partial charge >= 0.3 is 0 Å². The third-order valence-electron chi connectivity index (χ3n) is 2.24. The number of ether oxygens (including phenoxy) is 2. The predicted octanol–water partition coefficient (Wildman–Crippen LogP) is 1.24. The van der Waals surface area contributed by atoms with E-state index in [0.717, 1.165) is 0 Å². The highest BCUT2D eigenvalue weighted by Gasteiger charge is 2.22. The second kappa shape index (κ2) is 4.98. The molecule has 0 atom stereocenters. The number of aliphatic hydroxyl groups excluding tert-OH is 1. The Balaban J connectivity index is 1.93. The molecule has 0 bridgehead atoms. The highest BCUT2D eigenvalue weighted by Crippen LogP contribution is 2.31. The van der Waals surface area contributed by atoms with E-state index in [1.54, 1.807) is 18.3 Å². The average molecular weight is 209 g/mol. The first-order valence-corrected chi connectivity index (χ1v) is 5.21. The normalized spacial score (nSPS) is 15.0. The van der Waals surface area contributed by atoms with Crippen LogP contribution >= 0.6 is 0 Å². The van der Waals surface area contributed by atoms with Gasteiger partial charge in [-0.1, -0.05) is 0 Å². The van der Waals surface area contributed by atoms with Crippen molar-refractivity contribution < 1.29 is 14.6 Å². The lowest BCUT2D eigenvalue weighted by Crippen LogP contribution is -2.06. The molecule has 0 radical (unpaired) electrons. The minimum Gasteiger partial charge on any atom is -0.486 e. The van der Waals surface area contributed by atoms with Gasteiger partial charge in [-0.3, -0.25) is 0 Å². The third-order valence-corrected chi connectivity index (χ3v) is 2.24. The molecule has 1 fully saturated rings. The molecule has 0 aromatic carbocycles. The summed E-state index contributed by atoms with van der Waals surface area (Å²) in [5, 5.41) is 8.66. The Kier molecular flexibility index (Phi) is 3.40. The lowest BCUT2D eigenvalue weighted by molar-refractivity contribution is 0.190. The Morgan fingerprint density at radius 2 is 2.27 bits per heavy atom. The van der Waals surface area contributed by atoms with Crippen molar-refractivity contribution in [3.05, 3.63) is 18.3 Å². The molecule has 0 spiro atoms. The van der Waals surface area contributed by atoms with Crippen LogP contribution in [0.15, 0.2) is 18.3 Å². The molecule has 0 saturated heterocycles. The number of hydrogen-bond acceptors (Lipinski definition) is 4. The summed E-state index contributed by atoms with van der Waals surface area (Å²) in [5.41, 5.74) is 0. The molecule has 0 unspecified atom stereocenters. The van der Waals surface area contributed by atoms with E-state index in [1.165, 1.54) is 12.8 Å². The van der Waals surface area contributed by atoms with E-state index in [2.05, 4.69) is 4.98 Å². The fraction of sp³-hybridized carbons (Fsp3) is 0.545. The molecule has 82 valence electrons. The van der Waals surface area contributed by atoms with Crippen LogP contribution in [0.4, 0.5) is 0 Å². The lowest BCUT2D eigenvalue weighted by Gasteiger charge is -2.09. The van der Waals surface area contributed by atoms with Gasteiger partial charge in [0.25, 0.3) is 5.88 Å². The maximum Gasteiger partial charge on any atom is 0.256 e. The minimum absolute atomic E-state index is 0.00302. The van der Waals surface area contributed by atoms with Crippen LogP contribution in [0.1, 0.15) is 12.8 Å². The molecular weight excluding hydrogens is 194 g/mol. The smallest absolute Gasteiger partial charge is 0.256 e. The van der Waals surface area contributed by atoms with Gasteiger partial charge < -0.3 is 14.6 Å². The van der Waals surface area contributed by atoms with Gasteiger partial charge in [-0.05, 0) is 30.9 Å². The summed E-state index contributed by atoms with van der Waals surface area (Å²) in [7, 11) is 0. The summed E-state index contributed by atoms with van der Waals surface area (Å²) < 4.78 is 10.8. The van der Waals surface area contributed by atoms with Crippen molar-refractivity contribution in [3.63, 3.8) is 0 Å². The Hall–Kier alpha value is -1.29. The SMILES string of the molecule is OCCOc1cccnc1OCC1CC1. The molecule has 2 rings (SSSR count). The van der Waals surface area contributed by atoms with Crippen LogP contribution in [0.2, 0.25) is 0 Å². The maximum absolute atomic E-state index is 8.66. The third kappa shape index (κ3) is 3.09. The molecule has 4 heteroatoms. The van der Waals surface area contributed by atoms with E-state index >= 15 is 0 Å². The zero-order valence-electron chi connectivity index (χ0n) is 8.56. The van der Waals surface area contributed by atoms with Crippen LogP contribution in [0.25, 0.3) is 0 Å². The first-order valence-electron chi connectivity index (χ1n) is 5.21. The molecule has 0 aliphatic heterocycles. The Morgan fingerprint density at radius 3 is 3.00 bits per heavy atom. The molecule has 4 nitrogen and oxygen atoms in total. The van der Waals surface area contributed by atoms with Gasteiger partial charge in [-0.25, -0.2) is 4.98 Å². The standard InChI is InChI=1S/C11H15NO3/c13-6-7-14-10-2-1-5-12-11(10)15-8-9-3-4-9/h1-2,5,9,13H,3-4,6-8H2. The molecule has 15 heavy (non-hydrogen) atoms. The molecule has 1 aliphatic carbocycles. The average Bonchev–Trinajstić information content (AvgIpc) is 3.08. The monoisotopic (exact) mass is 209 g/mol. The zero-order chi connectivity index (χ0) is 10.5. The van der Waals surface area contributed by atoms with Crippen molar-refractivity contribution in [3.8, 4) is 11.6 Å². The molecular formula is C11H15NO3. The number of rotatable bonds is 6. The van der Waals surface area contributed by atoms with Gasteiger partial charge in [-0.2, -0.15) is 0 Å². The minimum atomic E-state index is -0.00302. The van der Waals surface area contributed by atoms with Crippen LogP contribution in [-0.4, -0.2) is 29.9 Å². The second-order valence-electron chi connectivity index (χ2n) is 3.63. The predicted molar refractivity (Wildman–Crippen MR) is 55.0 cm³/mol. The van der Waals surface area contributed by atoms with Crippen LogP contribution in [0.3, 0.4) is 0 Å². The molecule has 1 aromatic heterocycles. The van der Waals surface area contributed by atoms with Gasteiger partial charge in [0.2, 0.25) is 0 Å². The first-order chi connectivity index (χ1) is 7.40. The van der Waals surface area contributed by atoms with Crippen molar-refractivity contribution >= 4 is 0 Å². The van der Waals surface area contributed by atoms with Crippen LogP contribution in [0.5, 0.6) is 11.6 Å². The summed E-state index contributed by atoms with van der Waals surface area (Å²) >= 11 is 0. The summed E-state index contributed by atoms with van der Waals surface area (Å²) in [6.07, 6.45) is 4.17. The molecule has 1 aliphatic rings. The van der Waals surface area contributed by atoms with Crippen molar-refractivity contribution in [2.45, 2.75) is 12.8 Å². The fourth-order valence-electron chi connectivity index (χ4n) is 1.23. The van der Waals surface area contributed by atoms with Gasteiger partial charge in [-0.15, -0.1) is 0 Å². The molecule has 1 saturated carbocycles. The van der Waals surface area contributed by atoms with E-state index < -0.39 is 0 Å². The van der Waals surface area contributed by atoms with E-state index in [1.807, 2.05) is 0 Å². The maximum atomic E-state index is 8.66. The summed E-state index contributed by atoms with van der Waals surface area (Å²) in [6.45, 7) is 0.981. The molecule has 1 N–H and O–H groups in total. The van der Waals surface area contributed by atoms with E-state index in [0.29, 0.717) is 24.2 Å². The summed E-state index contributed by atoms with van der Waals surface area (Å²) in [6, 6.07) is 3.58. The summed E-state index contributed by atoms with van der Waals surface area (Å²) in [4.78, 5) is 4.10. The number of nitrogens with zero attached hydrogens (tertiary/aromatic N) is 1. The molecule has 1 heterocycles. The largest absolute Gasteiger partial charge is 0.486 e. The fourth-order valence-corrected chi connectivity index (χ4v) is 1.23.